The van der Waals surface area contributed by atoms with E-state index in [1.165, 1.54) is 29.6 Å². The maximum atomic E-state index is 15.1. The van der Waals surface area contributed by atoms with Crippen LogP contribution in [0, 0.1) is 11.6 Å². The molecule has 1 aliphatic heterocycles. The van der Waals surface area contributed by atoms with Crippen LogP contribution in [0.2, 0.25) is 0 Å². The second-order valence-corrected chi connectivity index (χ2v) is 9.25. The number of anilines is 3. The molecular weight excluding hydrogens is 494 g/mol. The number of nitrogens with one attached hydrogen (secondary N) is 1. The van der Waals surface area contributed by atoms with Gasteiger partial charge < -0.3 is 24.4 Å². The number of nitrogens with zero attached hydrogens (tertiary/aromatic N) is 7. The highest BCUT2D eigenvalue weighted by molar-refractivity contribution is 5.95. The van der Waals surface area contributed by atoms with Crippen LogP contribution in [0.4, 0.5) is 26.2 Å². The van der Waals surface area contributed by atoms with Crippen molar-refractivity contribution in [3.05, 3.63) is 65.9 Å². The Labute approximate surface area is 218 Å². The molecule has 1 fully saturated rings. The van der Waals surface area contributed by atoms with Crippen LogP contribution in [-0.2, 0) is 17.7 Å². The van der Waals surface area contributed by atoms with Crippen LogP contribution in [0.1, 0.15) is 22.8 Å². The Kier molecular flexibility index (Phi) is 7.14. The van der Waals surface area contributed by atoms with Gasteiger partial charge in [-0.2, -0.15) is 0 Å². The molecule has 0 aliphatic carbocycles. The predicted molar refractivity (Wildman–Crippen MR) is 139 cm³/mol. The predicted octanol–water partition coefficient (Wildman–Crippen LogP) is 3.41. The number of ether oxygens (including phenoxy) is 1. The molecule has 198 valence electrons. The van der Waals surface area contributed by atoms with E-state index in [2.05, 4.69) is 32.2 Å². The molecule has 5 rings (SSSR count). The maximum Gasteiger partial charge on any atom is 0.253 e. The Bertz CT molecular complexity index is 1460. The fourth-order valence-corrected chi connectivity index (χ4v) is 4.37. The van der Waals surface area contributed by atoms with Gasteiger partial charge in [-0.25, -0.2) is 28.7 Å². The number of amides is 1. The molecular formula is C26H28F2N8O2. The number of rotatable bonds is 7. The van der Waals surface area contributed by atoms with E-state index >= 15 is 4.39 Å². The Morgan fingerprint density at radius 1 is 1.16 bits per heavy atom. The summed E-state index contributed by atoms with van der Waals surface area (Å²) in [5.74, 6) is -0.778. The van der Waals surface area contributed by atoms with Crippen molar-refractivity contribution in [2.75, 3.05) is 44.0 Å². The number of fused-ring (bicyclic) bond motifs is 1. The molecule has 0 spiro atoms. The van der Waals surface area contributed by atoms with E-state index < -0.39 is 11.6 Å². The second-order valence-electron chi connectivity index (χ2n) is 9.25. The van der Waals surface area contributed by atoms with Crippen molar-refractivity contribution in [3.8, 4) is 0 Å². The number of aryl methyl sites for hydroxylation is 1. The van der Waals surface area contributed by atoms with E-state index in [9.17, 15) is 9.18 Å². The third kappa shape index (κ3) is 5.12. The number of morpholine rings is 1. The van der Waals surface area contributed by atoms with E-state index in [0.717, 1.165) is 18.1 Å². The molecule has 12 heteroatoms. The number of benzene rings is 1. The first-order valence-corrected chi connectivity index (χ1v) is 12.3. The Morgan fingerprint density at radius 3 is 2.66 bits per heavy atom. The van der Waals surface area contributed by atoms with Gasteiger partial charge in [-0.05, 0) is 30.2 Å². The second kappa shape index (κ2) is 10.7. The molecule has 3 aromatic heterocycles. The largest absolute Gasteiger partial charge is 0.373 e. The fourth-order valence-electron chi connectivity index (χ4n) is 4.37. The Hall–Kier alpha value is -4.19. The molecule has 38 heavy (non-hydrogen) atoms. The lowest BCUT2D eigenvalue weighted by Gasteiger charge is -2.33. The molecule has 1 aromatic carbocycles. The molecule has 1 saturated heterocycles. The normalized spacial score (nSPS) is 15.6. The quantitative estimate of drug-likeness (QED) is 0.394. The summed E-state index contributed by atoms with van der Waals surface area (Å²) in [6.45, 7) is 4.07. The molecule has 4 heterocycles. The lowest BCUT2D eigenvalue weighted by molar-refractivity contribution is 0.0297. The zero-order valence-electron chi connectivity index (χ0n) is 21.4. The fraction of sp³-hybridized carbons (Fsp3) is 0.346. The summed E-state index contributed by atoms with van der Waals surface area (Å²) in [5, 5.41) is 2.98. The molecule has 0 bridgehead atoms. The molecule has 1 N–H and O–H groups in total. The van der Waals surface area contributed by atoms with E-state index in [-0.39, 0.29) is 34.5 Å². The van der Waals surface area contributed by atoms with E-state index in [0.29, 0.717) is 37.8 Å². The highest BCUT2D eigenvalue weighted by Crippen LogP contribution is 2.29. The van der Waals surface area contributed by atoms with Gasteiger partial charge >= 0.3 is 0 Å². The average molecular weight is 523 g/mol. The molecule has 4 aromatic rings. The van der Waals surface area contributed by atoms with Gasteiger partial charge in [-0.3, -0.25) is 4.79 Å². The third-order valence-electron chi connectivity index (χ3n) is 6.40. The minimum Gasteiger partial charge on any atom is -0.373 e. The summed E-state index contributed by atoms with van der Waals surface area (Å²) in [6, 6.07) is 4.06. The summed E-state index contributed by atoms with van der Waals surface area (Å²) in [6.07, 6.45) is 6.89. The smallest absolute Gasteiger partial charge is 0.253 e. The summed E-state index contributed by atoms with van der Waals surface area (Å²) in [5.41, 5.74) is 1.68. The summed E-state index contributed by atoms with van der Waals surface area (Å²) >= 11 is 0. The molecule has 1 aliphatic rings. The van der Waals surface area contributed by atoms with Crippen LogP contribution in [0.3, 0.4) is 0 Å². The van der Waals surface area contributed by atoms with Crippen molar-refractivity contribution in [1.82, 2.24) is 29.4 Å². The lowest BCUT2D eigenvalue weighted by Crippen LogP contribution is -2.45. The van der Waals surface area contributed by atoms with Crippen molar-refractivity contribution in [2.45, 2.75) is 26.0 Å². The lowest BCUT2D eigenvalue weighted by atomic mass is 10.1. The van der Waals surface area contributed by atoms with E-state index in [4.69, 9.17) is 4.74 Å². The van der Waals surface area contributed by atoms with Gasteiger partial charge in [0.05, 0.1) is 30.3 Å². The standard InChI is InChI=1S/C26H28F2N8O2/c1-4-16-10-29-26(30-11-16)35-7-8-38-18(12-35)13-36-14-20(28)22-23(31-15-32-24(22)36)33-21-6-5-17(9-19(21)27)25(37)34(2)3/h5-6,9-11,14-15,18H,4,7-8,12-13H2,1-3H3,(H,31,32,33). The summed E-state index contributed by atoms with van der Waals surface area (Å²) < 4.78 is 37.5. The number of hydrogen-bond donors (Lipinski definition) is 1. The van der Waals surface area contributed by atoms with Gasteiger partial charge in [0.25, 0.3) is 5.91 Å². The van der Waals surface area contributed by atoms with Gasteiger partial charge in [0.2, 0.25) is 5.95 Å². The summed E-state index contributed by atoms with van der Waals surface area (Å²) in [7, 11) is 3.18. The molecule has 0 saturated carbocycles. The molecule has 1 amide bonds. The van der Waals surface area contributed by atoms with Crippen LogP contribution in [-0.4, -0.2) is 75.2 Å². The first-order chi connectivity index (χ1) is 18.3. The minimum atomic E-state index is -0.658. The van der Waals surface area contributed by atoms with Gasteiger partial charge in [0.15, 0.2) is 5.82 Å². The maximum absolute atomic E-state index is 15.1. The molecule has 1 unspecified atom stereocenters. The van der Waals surface area contributed by atoms with Crippen LogP contribution < -0.4 is 10.2 Å². The Balaban J connectivity index is 1.35. The first-order valence-electron chi connectivity index (χ1n) is 12.3. The third-order valence-corrected chi connectivity index (χ3v) is 6.40. The van der Waals surface area contributed by atoms with Crippen molar-refractivity contribution < 1.29 is 18.3 Å². The number of aromatic nitrogens is 5. The van der Waals surface area contributed by atoms with Crippen LogP contribution >= 0.6 is 0 Å². The van der Waals surface area contributed by atoms with Crippen molar-refractivity contribution >= 4 is 34.4 Å². The number of hydrogen-bond acceptors (Lipinski definition) is 8. The zero-order chi connectivity index (χ0) is 26.8. The highest BCUT2D eigenvalue weighted by atomic mass is 19.1. The van der Waals surface area contributed by atoms with Gasteiger partial charge in [0, 0.05) is 51.3 Å². The molecule has 1 atom stereocenters. The number of halogens is 2. The van der Waals surface area contributed by atoms with Crippen LogP contribution in [0.15, 0.2) is 43.1 Å². The van der Waals surface area contributed by atoms with Crippen molar-refractivity contribution in [1.29, 1.82) is 0 Å². The molecule has 0 radical (unpaired) electrons. The van der Waals surface area contributed by atoms with Gasteiger partial charge in [-0.1, -0.05) is 6.92 Å². The molecule has 10 nitrogen and oxygen atoms in total. The minimum absolute atomic E-state index is 0.0628. The van der Waals surface area contributed by atoms with E-state index in [1.54, 1.807) is 18.7 Å². The van der Waals surface area contributed by atoms with Crippen molar-refractivity contribution in [2.24, 2.45) is 0 Å². The zero-order valence-corrected chi connectivity index (χ0v) is 21.4. The number of carbonyl (C=O) groups is 1. The monoisotopic (exact) mass is 522 g/mol. The van der Waals surface area contributed by atoms with E-state index in [1.807, 2.05) is 17.3 Å². The first kappa shape index (κ1) is 25.5. The topological polar surface area (TPSA) is 101 Å². The van der Waals surface area contributed by atoms with Gasteiger partial charge in [0.1, 0.15) is 23.6 Å². The van der Waals surface area contributed by atoms with Crippen molar-refractivity contribution in [3.63, 3.8) is 0 Å². The summed E-state index contributed by atoms with van der Waals surface area (Å²) in [4.78, 5) is 32.9. The number of carbonyl (C=O) groups excluding carboxylic acids is 1. The van der Waals surface area contributed by atoms with Gasteiger partial charge in [-0.15, -0.1) is 0 Å². The SMILES string of the molecule is CCc1cnc(N2CCOC(Cn3cc(F)c4c(Nc5ccc(C(=O)N(C)C)cc5F)ncnc43)C2)nc1. The van der Waals surface area contributed by atoms with Crippen LogP contribution in [0.5, 0.6) is 0 Å². The Morgan fingerprint density at radius 2 is 1.95 bits per heavy atom. The highest BCUT2D eigenvalue weighted by Gasteiger charge is 2.25. The average Bonchev–Trinajstić information content (AvgIpc) is 3.25. The van der Waals surface area contributed by atoms with Crippen LogP contribution in [0.25, 0.3) is 11.0 Å².